The van der Waals surface area contributed by atoms with E-state index in [0.29, 0.717) is 46.1 Å². The van der Waals surface area contributed by atoms with Gasteiger partial charge in [0.1, 0.15) is 11.6 Å². The van der Waals surface area contributed by atoms with E-state index >= 15 is 8.78 Å². The van der Waals surface area contributed by atoms with Crippen molar-refractivity contribution in [2.45, 2.75) is 19.8 Å². The van der Waals surface area contributed by atoms with Crippen LogP contribution in [0.15, 0.2) is 49.2 Å². The van der Waals surface area contributed by atoms with Crippen molar-refractivity contribution in [1.82, 2.24) is 9.97 Å². The van der Waals surface area contributed by atoms with Gasteiger partial charge in [-0.25, -0.2) is 18.7 Å². The molecular formula is C30H29F2N5O3. The molecule has 2 aromatic carbocycles. The quantitative estimate of drug-likeness (QED) is 0.211. The number of benzene rings is 2. The van der Waals surface area contributed by atoms with Gasteiger partial charge >= 0.3 is 0 Å². The first-order valence-corrected chi connectivity index (χ1v) is 12.7. The van der Waals surface area contributed by atoms with E-state index in [0.717, 1.165) is 24.5 Å². The van der Waals surface area contributed by atoms with Gasteiger partial charge in [-0.3, -0.25) is 4.79 Å². The summed E-state index contributed by atoms with van der Waals surface area (Å²) in [7, 11) is 2.60. The van der Waals surface area contributed by atoms with E-state index in [9.17, 15) is 4.79 Å². The Labute approximate surface area is 230 Å². The third-order valence-corrected chi connectivity index (χ3v) is 6.95. The number of para-hydroxylation sites is 1. The lowest BCUT2D eigenvalue weighted by Crippen LogP contribution is -2.13. The Bertz CT molecular complexity index is 1620. The first kappa shape index (κ1) is 26.9. The predicted octanol–water partition coefficient (Wildman–Crippen LogP) is 5.96. The molecule has 1 aliphatic rings. The van der Waals surface area contributed by atoms with E-state index in [-0.39, 0.29) is 28.3 Å². The van der Waals surface area contributed by atoms with E-state index in [1.165, 1.54) is 14.2 Å². The summed E-state index contributed by atoms with van der Waals surface area (Å²) in [6.45, 7) is 6.38. The van der Waals surface area contributed by atoms with Crippen LogP contribution in [0.5, 0.6) is 11.5 Å². The van der Waals surface area contributed by atoms with Crippen molar-refractivity contribution < 1.29 is 23.0 Å². The van der Waals surface area contributed by atoms with Gasteiger partial charge in [-0.1, -0.05) is 24.8 Å². The third kappa shape index (κ3) is 5.12. The normalized spacial score (nSPS) is 12.7. The molecule has 0 bridgehead atoms. The molecule has 0 saturated heterocycles. The number of nitrogens with two attached hydrogens (primary N) is 1. The van der Waals surface area contributed by atoms with Gasteiger partial charge in [-0.2, -0.15) is 0 Å². The van der Waals surface area contributed by atoms with Crippen molar-refractivity contribution in [3.05, 3.63) is 71.9 Å². The number of aromatic nitrogens is 2. The lowest BCUT2D eigenvalue weighted by atomic mass is 10.0. The van der Waals surface area contributed by atoms with Crippen molar-refractivity contribution in [1.29, 1.82) is 0 Å². The van der Waals surface area contributed by atoms with Crippen molar-refractivity contribution in [3.8, 4) is 22.8 Å². The highest BCUT2D eigenvalue weighted by molar-refractivity contribution is 6.19. The molecule has 1 saturated carbocycles. The van der Waals surface area contributed by atoms with Crippen molar-refractivity contribution in [3.63, 3.8) is 0 Å². The number of hydrogen-bond donors (Lipinski definition) is 3. The Balaban J connectivity index is 1.63. The second-order valence-electron chi connectivity index (χ2n) is 9.72. The molecule has 206 valence electrons. The lowest BCUT2D eigenvalue weighted by molar-refractivity contribution is -0.112. The second kappa shape index (κ2) is 10.8. The Morgan fingerprint density at radius 1 is 1.12 bits per heavy atom. The van der Waals surface area contributed by atoms with Crippen LogP contribution in [0.4, 0.5) is 26.1 Å². The van der Waals surface area contributed by atoms with E-state index in [1.54, 1.807) is 24.4 Å². The number of hydrogen-bond acceptors (Lipinski definition) is 7. The molecule has 1 amide bonds. The Kier molecular flexibility index (Phi) is 7.25. The molecule has 5 rings (SSSR count). The fraction of sp³-hybridized carbons (Fsp3) is 0.233. The smallest absolute Gasteiger partial charge is 0.248 e. The molecule has 40 heavy (non-hydrogen) atoms. The van der Waals surface area contributed by atoms with Crippen LogP contribution in [0, 0.1) is 24.5 Å². The molecule has 8 nitrogen and oxygen atoms in total. The highest BCUT2D eigenvalue weighted by Crippen LogP contribution is 2.40. The molecule has 0 unspecified atom stereocenters. The van der Waals surface area contributed by atoms with Crippen LogP contribution in [0.25, 0.3) is 27.6 Å². The van der Waals surface area contributed by atoms with Crippen LogP contribution in [-0.2, 0) is 4.79 Å². The molecule has 0 radical (unpaired) electrons. The standard InChI is InChI=1S/C30H29F2N5O3/c1-15-6-5-7-19(16(2)29(33)38)28(15)37-24-11-20-18(14-34-24)10-21(36-30(20)35-13-17-8-9-17)25-26(31)22(39-3)12-23(40-4)27(25)32/h5-7,10-12,14,17H,2,8-9,13H2,1,3-4H3,(H2,33,38)(H,34,37)(H,35,36). The second-order valence-corrected chi connectivity index (χ2v) is 9.72. The average Bonchev–Trinajstić information content (AvgIpc) is 3.77. The summed E-state index contributed by atoms with van der Waals surface area (Å²) in [5.74, 6) is -1.26. The Morgan fingerprint density at radius 2 is 1.82 bits per heavy atom. The van der Waals surface area contributed by atoms with Gasteiger partial charge in [0, 0.05) is 40.7 Å². The molecule has 0 aliphatic heterocycles. The summed E-state index contributed by atoms with van der Waals surface area (Å²) in [4.78, 5) is 21.0. The summed E-state index contributed by atoms with van der Waals surface area (Å²) in [5.41, 5.74) is 7.44. The molecule has 10 heteroatoms. The lowest BCUT2D eigenvalue weighted by Gasteiger charge is -2.17. The van der Waals surface area contributed by atoms with Gasteiger partial charge < -0.3 is 25.8 Å². The maximum Gasteiger partial charge on any atom is 0.248 e. The van der Waals surface area contributed by atoms with Crippen molar-refractivity contribution in [2.24, 2.45) is 11.7 Å². The fourth-order valence-corrected chi connectivity index (χ4v) is 4.50. The van der Waals surface area contributed by atoms with Crippen LogP contribution in [0.1, 0.15) is 24.0 Å². The fourth-order valence-electron chi connectivity index (χ4n) is 4.50. The van der Waals surface area contributed by atoms with Gasteiger partial charge in [0.2, 0.25) is 5.91 Å². The highest BCUT2D eigenvalue weighted by Gasteiger charge is 2.25. The zero-order valence-corrected chi connectivity index (χ0v) is 22.4. The number of nitrogens with one attached hydrogen (secondary N) is 2. The zero-order chi connectivity index (χ0) is 28.6. The molecule has 2 heterocycles. The molecule has 0 spiro atoms. The number of fused-ring (bicyclic) bond motifs is 1. The van der Waals surface area contributed by atoms with Crippen LogP contribution < -0.4 is 25.8 Å². The van der Waals surface area contributed by atoms with E-state index in [2.05, 4.69) is 27.2 Å². The number of carbonyl (C=O) groups excluding carboxylic acids is 1. The van der Waals surface area contributed by atoms with Crippen LogP contribution in [-0.4, -0.2) is 36.6 Å². The van der Waals surface area contributed by atoms with E-state index in [4.69, 9.17) is 15.2 Å². The highest BCUT2D eigenvalue weighted by atomic mass is 19.1. The molecule has 4 aromatic rings. The molecule has 2 aromatic heterocycles. The van der Waals surface area contributed by atoms with Crippen LogP contribution in [0.2, 0.25) is 0 Å². The molecule has 1 fully saturated rings. The van der Waals surface area contributed by atoms with Gasteiger partial charge in [0.25, 0.3) is 0 Å². The average molecular weight is 546 g/mol. The molecular weight excluding hydrogens is 516 g/mol. The summed E-state index contributed by atoms with van der Waals surface area (Å²) in [5, 5.41) is 7.94. The molecule has 0 atom stereocenters. The minimum Gasteiger partial charge on any atom is -0.494 e. The van der Waals surface area contributed by atoms with Gasteiger partial charge in [0.15, 0.2) is 23.1 Å². The zero-order valence-electron chi connectivity index (χ0n) is 22.4. The third-order valence-electron chi connectivity index (χ3n) is 6.95. The maximum atomic E-state index is 15.3. The van der Waals surface area contributed by atoms with Crippen molar-refractivity contribution in [2.75, 3.05) is 31.4 Å². The molecule has 1 aliphatic carbocycles. The minimum atomic E-state index is -0.881. The summed E-state index contributed by atoms with van der Waals surface area (Å²) in [6.07, 6.45) is 3.81. The monoisotopic (exact) mass is 545 g/mol. The predicted molar refractivity (Wildman–Crippen MR) is 152 cm³/mol. The van der Waals surface area contributed by atoms with Gasteiger partial charge in [-0.05, 0) is 43.4 Å². The number of carbonyl (C=O) groups is 1. The Hall–Kier alpha value is -4.73. The first-order chi connectivity index (χ1) is 19.2. The van der Waals surface area contributed by atoms with Crippen LogP contribution >= 0.6 is 0 Å². The number of methoxy groups -OCH3 is 2. The number of ether oxygens (including phenoxy) is 2. The summed E-state index contributed by atoms with van der Waals surface area (Å²) < 4.78 is 40.9. The SMILES string of the molecule is C=C(C(N)=O)c1cccc(C)c1Nc1cc2c(NCC3CC3)nc(-c3c(F)c(OC)cc(OC)c3F)cc2cn1. The number of rotatable bonds is 10. The number of aryl methyl sites for hydroxylation is 1. The van der Waals surface area contributed by atoms with Crippen molar-refractivity contribution >= 4 is 39.6 Å². The minimum absolute atomic E-state index is 0.0689. The molecule has 4 N–H and O–H groups in total. The number of primary amides is 1. The summed E-state index contributed by atoms with van der Waals surface area (Å²) >= 11 is 0. The van der Waals surface area contributed by atoms with Gasteiger partial charge in [0.05, 0.1) is 31.2 Å². The topological polar surface area (TPSA) is 111 Å². The van der Waals surface area contributed by atoms with Gasteiger partial charge in [-0.15, -0.1) is 0 Å². The Morgan fingerprint density at radius 3 is 2.45 bits per heavy atom. The number of anilines is 3. The maximum absolute atomic E-state index is 15.3. The summed E-state index contributed by atoms with van der Waals surface area (Å²) in [6, 6.07) is 9.99. The van der Waals surface area contributed by atoms with E-state index in [1.807, 2.05) is 19.1 Å². The first-order valence-electron chi connectivity index (χ1n) is 12.7. The van der Waals surface area contributed by atoms with Crippen LogP contribution in [0.3, 0.4) is 0 Å². The largest absolute Gasteiger partial charge is 0.494 e. The number of amides is 1. The number of nitrogens with zero attached hydrogens (tertiary/aromatic N) is 2. The van der Waals surface area contributed by atoms with E-state index < -0.39 is 17.5 Å². The number of halogens is 2. The number of pyridine rings is 2.